The van der Waals surface area contributed by atoms with Crippen molar-refractivity contribution in [1.29, 1.82) is 0 Å². The van der Waals surface area contributed by atoms with Gasteiger partial charge in [-0.1, -0.05) is 6.07 Å². The summed E-state index contributed by atoms with van der Waals surface area (Å²) in [5.41, 5.74) is 1.87. The molecule has 0 bridgehead atoms. The Kier molecular flexibility index (Phi) is 5.37. The molecule has 4 heterocycles. The zero-order chi connectivity index (χ0) is 22.5. The Hall–Kier alpha value is -2.59. The molecule has 170 valence electrons. The highest BCUT2D eigenvalue weighted by atomic mass is 32.1. The third-order valence-corrected chi connectivity index (χ3v) is 6.41. The molecule has 3 aromatic rings. The first-order chi connectivity index (χ1) is 15.4. The standard InChI is InChI=1S/C23H27N3O5S/c1-13(2)31-18-8-14-16(9-17(18)28-4)30-10-15-20(22(27)25-23(3)11-29-12-23)24-21(26(14)15)19-6-5-7-32-19/h5-9,13,22,25,27H,10-12H2,1-4H3. The van der Waals surface area contributed by atoms with E-state index in [1.165, 1.54) is 0 Å². The predicted molar refractivity (Wildman–Crippen MR) is 121 cm³/mol. The van der Waals surface area contributed by atoms with E-state index in [1.807, 2.05) is 50.4 Å². The number of hydrogen-bond donors (Lipinski definition) is 2. The van der Waals surface area contributed by atoms with Crippen molar-refractivity contribution in [2.24, 2.45) is 0 Å². The number of methoxy groups -OCH3 is 1. The van der Waals surface area contributed by atoms with Crippen molar-refractivity contribution in [3.05, 3.63) is 41.0 Å². The first-order valence-electron chi connectivity index (χ1n) is 10.6. The van der Waals surface area contributed by atoms with Gasteiger partial charge in [0, 0.05) is 12.1 Å². The molecule has 2 aliphatic rings. The number of fused-ring (bicyclic) bond motifs is 3. The second kappa shape index (κ2) is 8.08. The second-order valence-corrected chi connectivity index (χ2v) is 9.55. The number of hydrogen-bond acceptors (Lipinski definition) is 8. The predicted octanol–water partition coefficient (Wildman–Crippen LogP) is 3.66. The van der Waals surface area contributed by atoms with Crippen LogP contribution in [0.2, 0.25) is 0 Å². The van der Waals surface area contributed by atoms with Crippen LogP contribution in [-0.2, 0) is 11.3 Å². The van der Waals surface area contributed by atoms with E-state index in [0.717, 1.165) is 22.1 Å². The van der Waals surface area contributed by atoms with Crippen LogP contribution >= 0.6 is 11.3 Å². The van der Waals surface area contributed by atoms with Crippen molar-refractivity contribution in [2.45, 2.75) is 45.2 Å². The first-order valence-corrected chi connectivity index (χ1v) is 11.5. The maximum atomic E-state index is 11.1. The molecule has 8 nitrogen and oxygen atoms in total. The third-order valence-electron chi connectivity index (χ3n) is 5.54. The molecule has 1 atom stereocenters. The Bertz CT molecular complexity index is 1120. The van der Waals surface area contributed by atoms with Crippen LogP contribution in [0.4, 0.5) is 0 Å². The van der Waals surface area contributed by atoms with Crippen molar-refractivity contribution in [3.8, 4) is 33.6 Å². The molecule has 2 aromatic heterocycles. The molecule has 2 N–H and O–H groups in total. The summed E-state index contributed by atoms with van der Waals surface area (Å²) in [5, 5.41) is 16.3. The number of aliphatic hydroxyl groups is 1. The summed E-state index contributed by atoms with van der Waals surface area (Å²) in [6.45, 7) is 7.34. The lowest BCUT2D eigenvalue weighted by atomic mass is 10.00. The van der Waals surface area contributed by atoms with Gasteiger partial charge in [-0.15, -0.1) is 11.3 Å². The molecular formula is C23H27N3O5S. The van der Waals surface area contributed by atoms with Gasteiger partial charge in [0.2, 0.25) is 0 Å². The molecule has 0 aliphatic carbocycles. The molecule has 1 saturated heterocycles. The van der Waals surface area contributed by atoms with Crippen molar-refractivity contribution in [1.82, 2.24) is 14.9 Å². The van der Waals surface area contributed by atoms with E-state index in [4.69, 9.17) is 23.9 Å². The lowest BCUT2D eigenvalue weighted by molar-refractivity contribution is -0.0892. The minimum Gasteiger partial charge on any atom is -0.493 e. The van der Waals surface area contributed by atoms with Crippen LogP contribution in [0, 0.1) is 0 Å². The number of nitrogens with one attached hydrogen (secondary N) is 1. The monoisotopic (exact) mass is 457 g/mol. The van der Waals surface area contributed by atoms with Gasteiger partial charge in [0.05, 0.1) is 48.2 Å². The zero-order valence-corrected chi connectivity index (χ0v) is 19.4. The fourth-order valence-electron chi connectivity index (χ4n) is 4.02. The zero-order valence-electron chi connectivity index (χ0n) is 18.5. The minimum atomic E-state index is -0.950. The molecule has 9 heteroatoms. The molecule has 1 unspecified atom stereocenters. The SMILES string of the molecule is COc1cc2c(cc1OC(C)C)-n1c(-c3cccs3)nc(C(O)NC3(C)COC3)c1CO2. The lowest BCUT2D eigenvalue weighted by Crippen LogP contribution is -2.59. The molecule has 5 rings (SSSR count). The van der Waals surface area contributed by atoms with Gasteiger partial charge in [0.25, 0.3) is 0 Å². The summed E-state index contributed by atoms with van der Waals surface area (Å²) in [4.78, 5) is 5.87. The molecule has 0 radical (unpaired) electrons. The maximum Gasteiger partial charge on any atom is 0.164 e. The van der Waals surface area contributed by atoms with Crippen LogP contribution in [0.15, 0.2) is 29.6 Å². The molecule has 32 heavy (non-hydrogen) atoms. The van der Waals surface area contributed by atoms with E-state index in [2.05, 4.69) is 9.88 Å². The highest BCUT2D eigenvalue weighted by Crippen LogP contribution is 2.44. The summed E-state index contributed by atoms with van der Waals surface area (Å²) in [6.07, 6.45) is -0.967. The maximum absolute atomic E-state index is 11.1. The highest BCUT2D eigenvalue weighted by molar-refractivity contribution is 7.13. The van der Waals surface area contributed by atoms with Crippen molar-refractivity contribution >= 4 is 11.3 Å². The summed E-state index contributed by atoms with van der Waals surface area (Å²) in [6, 6.07) is 7.77. The van der Waals surface area contributed by atoms with E-state index < -0.39 is 6.23 Å². The largest absolute Gasteiger partial charge is 0.493 e. The second-order valence-electron chi connectivity index (χ2n) is 8.61. The van der Waals surface area contributed by atoms with Gasteiger partial charge in [0.1, 0.15) is 18.1 Å². The smallest absolute Gasteiger partial charge is 0.164 e. The Morgan fingerprint density at radius 3 is 2.72 bits per heavy atom. The van der Waals surface area contributed by atoms with Gasteiger partial charge >= 0.3 is 0 Å². The molecule has 0 saturated carbocycles. The number of thiophene rings is 1. The normalized spacial score (nSPS) is 17.2. The van der Waals surface area contributed by atoms with Crippen LogP contribution in [0.25, 0.3) is 16.4 Å². The summed E-state index contributed by atoms with van der Waals surface area (Å²) >= 11 is 1.60. The molecule has 0 amide bonds. The van der Waals surface area contributed by atoms with Crippen LogP contribution in [0.5, 0.6) is 17.2 Å². The topological polar surface area (TPSA) is 87.0 Å². The van der Waals surface area contributed by atoms with Crippen molar-refractivity contribution in [3.63, 3.8) is 0 Å². The lowest BCUT2D eigenvalue weighted by Gasteiger charge is -2.40. The van der Waals surface area contributed by atoms with Gasteiger partial charge in [-0.25, -0.2) is 4.98 Å². The summed E-state index contributed by atoms with van der Waals surface area (Å²) < 4.78 is 25.0. The fraction of sp³-hybridized carbons (Fsp3) is 0.435. The van der Waals surface area contributed by atoms with Crippen LogP contribution in [-0.4, -0.2) is 46.6 Å². The van der Waals surface area contributed by atoms with Gasteiger partial charge in [-0.2, -0.15) is 0 Å². The number of aliphatic hydroxyl groups excluding tert-OH is 1. The van der Waals surface area contributed by atoms with Crippen molar-refractivity contribution < 1.29 is 24.1 Å². The Morgan fingerprint density at radius 2 is 2.09 bits per heavy atom. The minimum absolute atomic E-state index is 0.0162. The average molecular weight is 458 g/mol. The molecule has 1 fully saturated rings. The van der Waals surface area contributed by atoms with Crippen molar-refractivity contribution in [2.75, 3.05) is 20.3 Å². The Balaban J connectivity index is 1.65. The quantitative estimate of drug-likeness (QED) is 0.524. The van der Waals surface area contributed by atoms with E-state index in [1.54, 1.807) is 18.4 Å². The molecule has 0 spiro atoms. The van der Waals surface area contributed by atoms with Gasteiger partial charge in [0.15, 0.2) is 23.6 Å². The van der Waals surface area contributed by atoms with Gasteiger partial charge < -0.3 is 24.1 Å². The number of ether oxygens (including phenoxy) is 4. The first kappa shape index (κ1) is 21.3. The van der Waals surface area contributed by atoms with E-state index in [9.17, 15) is 5.11 Å². The average Bonchev–Trinajstić information content (AvgIpc) is 3.39. The Morgan fingerprint density at radius 1 is 1.28 bits per heavy atom. The number of nitrogens with zero attached hydrogens (tertiary/aromatic N) is 2. The molecular weight excluding hydrogens is 430 g/mol. The van der Waals surface area contributed by atoms with Crippen LogP contribution in [0.3, 0.4) is 0 Å². The highest BCUT2D eigenvalue weighted by Gasteiger charge is 2.38. The molecule has 1 aromatic carbocycles. The van der Waals surface area contributed by atoms with Gasteiger partial charge in [-0.05, 0) is 32.2 Å². The number of imidazole rings is 1. The fourth-order valence-corrected chi connectivity index (χ4v) is 4.72. The van der Waals surface area contributed by atoms with E-state index in [0.29, 0.717) is 36.2 Å². The molecule has 2 aliphatic heterocycles. The number of rotatable bonds is 7. The van der Waals surface area contributed by atoms with Crippen LogP contribution in [0.1, 0.15) is 38.4 Å². The van der Waals surface area contributed by atoms with Crippen LogP contribution < -0.4 is 19.5 Å². The number of aromatic nitrogens is 2. The summed E-state index contributed by atoms with van der Waals surface area (Å²) in [5.74, 6) is 2.67. The number of benzene rings is 1. The Labute approximate surface area is 190 Å². The third kappa shape index (κ3) is 3.65. The van der Waals surface area contributed by atoms with E-state index >= 15 is 0 Å². The summed E-state index contributed by atoms with van der Waals surface area (Å²) in [7, 11) is 1.61. The van der Waals surface area contributed by atoms with Gasteiger partial charge in [-0.3, -0.25) is 9.88 Å². The van der Waals surface area contributed by atoms with E-state index in [-0.39, 0.29) is 18.2 Å².